The van der Waals surface area contributed by atoms with E-state index >= 15 is 0 Å². The van der Waals surface area contributed by atoms with Gasteiger partial charge < -0.3 is 4.74 Å². The average Bonchev–Trinajstić information content (AvgIpc) is 1.86. The Hall–Kier alpha value is 0.455. The Morgan fingerprint density at radius 2 is 2.67 bits per heavy atom. The van der Waals surface area contributed by atoms with Crippen molar-refractivity contribution < 1.29 is 4.74 Å². The van der Waals surface area contributed by atoms with Crippen LogP contribution in [0.4, 0.5) is 0 Å². The van der Waals surface area contributed by atoms with E-state index in [0.717, 1.165) is 15.2 Å². The number of hydrogen-bond acceptors (Lipinski definition) is 1. The summed E-state index contributed by atoms with van der Waals surface area (Å²) >= 11 is 0. The Kier molecular flexibility index (Phi) is 1.50. The molecule has 2 unspecified atom stereocenters. The van der Waals surface area contributed by atoms with Gasteiger partial charge in [0.15, 0.2) is 0 Å². The minimum absolute atomic E-state index is 0.0741. The minimum Gasteiger partial charge on any atom is -0.384 e. The Balaban J connectivity index is 2.18. The van der Waals surface area contributed by atoms with Gasteiger partial charge in [-0.1, -0.05) is 8.58 Å². The summed E-state index contributed by atoms with van der Waals surface area (Å²) in [4.78, 5) is 0. The lowest BCUT2D eigenvalue weighted by Crippen LogP contribution is -1.96. The molecule has 1 fully saturated rings. The van der Waals surface area contributed by atoms with E-state index in [1.165, 1.54) is 6.16 Å². The molecule has 0 aromatic carbocycles. The van der Waals surface area contributed by atoms with Crippen molar-refractivity contribution in [2.45, 2.75) is 5.74 Å². The molecule has 0 aromatic rings. The first-order chi connectivity index (χ1) is 2.89. The Labute approximate surface area is 40.6 Å². The van der Waals surface area contributed by atoms with E-state index in [0.29, 0.717) is 0 Å². The summed E-state index contributed by atoms with van der Waals surface area (Å²) in [7, 11) is 6.16. The molecule has 2 radical (unpaired) electrons. The summed E-state index contributed by atoms with van der Waals surface area (Å²) in [5, 5.41) is 0. The van der Waals surface area contributed by atoms with Gasteiger partial charge in [-0.05, 0) is 6.16 Å². The predicted molar refractivity (Wildman–Crippen MR) is 28.7 cm³/mol. The van der Waals surface area contributed by atoms with Crippen molar-refractivity contribution in [3.8, 4) is 0 Å². The molecule has 0 bridgehead atoms. The zero-order valence-electron chi connectivity index (χ0n) is 3.48. The molecule has 1 aliphatic heterocycles. The maximum absolute atomic E-state index is 5.32. The van der Waals surface area contributed by atoms with Gasteiger partial charge in [0.25, 0.3) is 0 Å². The second-order valence-corrected chi connectivity index (χ2v) is 2.72. The van der Waals surface area contributed by atoms with Crippen LogP contribution in [0.5, 0.6) is 0 Å². The maximum Gasteiger partial charge on any atom is 0.115 e. The van der Waals surface area contributed by atoms with E-state index in [2.05, 4.69) is 0 Å². The van der Waals surface area contributed by atoms with Gasteiger partial charge in [0.05, 0.1) is 6.61 Å². The number of hydrogen-bond donors (Lipinski definition) is 0. The van der Waals surface area contributed by atoms with Crippen LogP contribution in [-0.4, -0.2) is 26.4 Å². The molecule has 0 aromatic heterocycles. The lowest BCUT2D eigenvalue weighted by Gasteiger charge is -1.94. The van der Waals surface area contributed by atoms with Gasteiger partial charge in [-0.2, -0.15) is 0 Å². The van der Waals surface area contributed by atoms with Crippen LogP contribution in [0.1, 0.15) is 0 Å². The molecular weight excluding hydrogens is 93.8 g/mol. The lowest BCUT2D eigenvalue weighted by atomic mass is 10.2. The molecule has 0 N–H and O–H groups in total. The van der Waals surface area contributed by atoms with E-state index in [1.54, 1.807) is 0 Å². The van der Waals surface area contributed by atoms with E-state index < -0.39 is 0 Å². The van der Waals surface area contributed by atoms with Crippen LogP contribution >= 0.6 is 8.58 Å². The zero-order valence-corrected chi connectivity index (χ0v) is 4.48. The maximum atomic E-state index is 5.32. The standard InChI is InChI=1S/C3H6BOP/c4-3-5-1-2-6-3/h3,6H,1-2H2. The van der Waals surface area contributed by atoms with Gasteiger partial charge in [0.1, 0.15) is 7.85 Å². The predicted octanol–water partition coefficient (Wildman–Crippen LogP) is 0.147. The van der Waals surface area contributed by atoms with Crippen molar-refractivity contribution in [2.24, 2.45) is 0 Å². The normalized spacial score (nSPS) is 38.3. The lowest BCUT2D eigenvalue weighted by molar-refractivity contribution is 0.191. The first-order valence-electron chi connectivity index (χ1n) is 2.00. The van der Waals surface area contributed by atoms with Gasteiger partial charge >= 0.3 is 0 Å². The molecule has 1 rings (SSSR count). The van der Waals surface area contributed by atoms with Gasteiger partial charge in [-0.3, -0.25) is 0 Å². The summed E-state index contributed by atoms with van der Waals surface area (Å²) < 4.78 is 4.94. The molecule has 3 heteroatoms. The molecule has 0 spiro atoms. The van der Waals surface area contributed by atoms with Crippen LogP contribution in [0.2, 0.25) is 0 Å². The second-order valence-electron chi connectivity index (χ2n) is 1.25. The first-order valence-corrected chi connectivity index (χ1v) is 3.28. The second kappa shape index (κ2) is 1.95. The van der Waals surface area contributed by atoms with Crippen molar-refractivity contribution in [3.63, 3.8) is 0 Å². The molecule has 0 saturated carbocycles. The van der Waals surface area contributed by atoms with Crippen molar-refractivity contribution in [3.05, 3.63) is 0 Å². The average molecular weight is 99.9 g/mol. The molecular formula is C3H6BOP. The van der Waals surface area contributed by atoms with E-state index in [-0.39, 0.29) is 5.74 Å². The summed E-state index contributed by atoms with van der Waals surface area (Å²) in [6.45, 7) is 0.875. The fourth-order valence-electron chi connectivity index (χ4n) is 0.446. The van der Waals surface area contributed by atoms with Crippen LogP contribution in [-0.2, 0) is 4.74 Å². The molecule has 1 aliphatic rings. The highest BCUT2D eigenvalue weighted by Gasteiger charge is 2.06. The molecule has 2 atom stereocenters. The molecule has 1 saturated heterocycles. The Morgan fingerprint density at radius 3 is 2.83 bits per heavy atom. The van der Waals surface area contributed by atoms with E-state index in [1.807, 2.05) is 0 Å². The topological polar surface area (TPSA) is 9.23 Å². The molecule has 0 amide bonds. The van der Waals surface area contributed by atoms with E-state index in [4.69, 9.17) is 12.6 Å². The van der Waals surface area contributed by atoms with E-state index in [9.17, 15) is 0 Å². The third-order valence-corrected chi connectivity index (χ3v) is 1.81. The highest BCUT2D eigenvalue weighted by Crippen LogP contribution is 2.22. The monoisotopic (exact) mass is 100 g/mol. The van der Waals surface area contributed by atoms with Crippen molar-refractivity contribution in [1.82, 2.24) is 0 Å². The smallest absolute Gasteiger partial charge is 0.115 e. The fourth-order valence-corrected chi connectivity index (χ4v) is 1.20. The van der Waals surface area contributed by atoms with Crippen molar-refractivity contribution in [1.29, 1.82) is 0 Å². The SMILES string of the molecule is [B]C1OCCP1. The minimum atomic E-state index is 0.0741. The zero-order chi connectivity index (χ0) is 4.41. The Morgan fingerprint density at radius 1 is 1.83 bits per heavy atom. The third-order valence-electron chi connectivity index (χ3n) is 0.745. The summed E-state index contributed by atoms with van der Waals surface area (Å²) in [5.41, 5.74) is 0. The van der Waals surface area contributed by atoms with Gasteiger partial charge in [0.2, 0.25) is 0 Å². The first kappa shape index (κ1) is 4.61. The van der Waals surface area contributed by atoms with Crippen LogP contribution in [0, 0.1) is 0 Å². The van der Waals surface area contributed by atoms with Crippen molar-refractivity contribution in [2.75, 3.05) is 12.8 Å². The van der Waals surface area contributed by atoms with Crippen LogP contribution in [0.3, 0.4) is 0 Å². The molecule has 1 nitrogen and oxygen atoms in total. The summed E-state index contributed by atoms with van der Waals surface area (Å²) in [6, 6.07) is 0. The van der Waals surface area contributed by atoms with Gasteiger partial charge in [-0.25, -0.2) is 0 Å². The highest BCUT2D eigenvalue weighted by molar-refractivity contribution is 7.41. The van der Waals surface area contributed by atoms with Gasteiger partial charge in [-0.15, -0.1) is 0 Å². The summed E-state index contributed by atoms with van der Waals surface area (Å²) in [5.74, 6) is 0.0741. The summed E-state index contributed by atoms with van der Waals surface area (Å²) in [6.07, 6.45) is 1.17. The molecule has 1 heterocycles. The number of rotatable bonds is 0. The molecule has 6 heavy (non-hydrogen) atoms. The molecule has 0 aliphatic carbocycles. The van der Waals surface area contributed by atoms with Crippen LogP contribution in [0.25, 0.3) is 0 Å². The fraction of sp³-hybridized carbons (Fsp3) is 1.00. The van der Waals surface area contributed by atoms with Crippen LogP contribution < -0.4 is 0 Å². The van der Waals surface area contributed by atoms with Crippen LogP contribution in [0.15, 0.2) is 0 Å². The Bertz CT molecular complexity index is 44.1. The van der Waals surface area contributed by atoms with Crippen molar-refractivity contribution >= 4 is 16.4 Å². The largest absolute Gasteiger partial charge is 0.384 e. The third kappa shape index (κ3) is 0.957. The van der Waals surface area contributed by atoms with Gasteiger partial charge in [0, 0.05) is 5.74 Å². The highest BCUT2D eigenvalue weighted by atomic mass is 31.1. The number of ether oxygens (including phenoxy) is 1. The molecule has 32 valence electrons. The quantitative estimate of drug-likeness (QED) is 0.311.